The summed E-state index contributed by atoms with van der Waals surface area (Å²) >= 11 is 0. The lowest BCUT2D eigenvalue weighted by molar-refractivity contribution is -0.136. The third-order valence-corrected chi connectivity index (χ3v) is 3.10. The number of hydrogen-bond acceptors (Lipinski definition) is 4. The first-order valence-electron chi connectivity index (χ1n) is 7.15. The van der Waals surface area contributed by atoms with Crippen LogP contribution in [-0.4, -0.2) is 30.7 Å². The van der Waals surface area contributed by atoms with Crippen LogP contribution >= 0.6 is 0 Å². The normalized spacial score (nSPS) is 16.0. The first-order valence-corrected chi connectivity index (χ1v) is 7.15. The molecule has 23 heavy (non-hydrogen) atoms. The molecule has 0 N–H and O–H groups in total. The minimum absolute atomic E-state index is 0.252. The molecule has 0 saturated heterocycles. The van der Waals surface area contributed by atoms with Crippen molar-refractivity contribution in [1.82, 2.24) is 4.90 Å². The smallest absolute Gasteiger partial charge is 0.417 e. The number of allylic oxidation sites excluding steroid dienone is 1. The molecule has 0 spiro atoms. The van der Waals surface area contributed by atoms with Crippen molar-refractivity contribution in [2.45, 2.75) is 6.92 Å². The van der Waals surface area contributed by atoms with Gasteiger partial charge in [0, 0.05) is 18.0 Å². The van der Waals surface area contributed by atoms with E-state index in [0.717, 1.165) is 5.56 Å². The monoisotopic (exact) mass is 311 g/mol. The molecule has 118 valence electrons. The van der Waals surface area contributed by atoms with Crippen LogP contribution in [-0.2, 0) is 14.3 Å². The van der Waals surface area contributed by atoms with Gasteiger partial charge in [-0.15, -0.1) is 0 Å². The van der Waals surface area contributed by atoms with Crippen LogP contribution in [0.3, 0.4) is 0 Å². The summed E-state index contributed by atoms with van der Waals surface area (Å²) in [6.07, 6.45) is 4.04. The fourth-order valence-corrected chi connectivity index (χ4v) is 1.97. The lowest BCUT2D eigenvalue weighted by Gasteiger charge is -2.21. The van der Waals surface area contributed by atoms with Crippen LogP contribution in [0.25, 0.3) is 0 Å². The summed E-state index contributed by atoms with van der Waals surface area (Å²) in [7, 11) is 1.29. The van der Waals surface area contributed by atoms with E-state index in [1.807, 2.05) is 30.3 Å². The predicted octanol–water partition coefficient (Wildman–Crippen LogP) is 2.70. The van der Waals surface area contributed by atoms with Crippen molar-refractivity contribution in [2.24, 2.45) is 5.92 Å². The summed E-state index contributed by atoms with van der Waals surface area (Å²) in [4.78, 5) is 24.9. The van der Waals surface area contributed by atoms with Crippen molar-refractivity contribution in [3.8, 4) is 11.8 Å². The highest BCUT2D eigenvalue weighted by Crippen LogP contribution is 2.21. The summed E-state index contributed by atoms with van der Waals surface area (Å²) in [5, 5.41) is 0. The first kappa shape index (κ1) is 16.4. The minimum atomic E-state index is -0.556. The topological polar surface area (TPSA) is 55.8 Å². The van der Waals surface area contributed by atoms with Gasteiger partial charge in [0.2, 0.25) is 0 Å². The van der Waals surface area contributed by atoms with Crippen LogP contribution in [0.1, 0.15) is 12.5 Å². The van der Waals surface area contributed by atoms with E-state index < -0.39 is 18.0 Å². The van der Waals surface area contributed by atoms with Crippen molar-refractivity contribution >= 4 is 12.1 Å². The van der Waals surface area contributed by atoms with Gasteiger partial charge in [0.1, 0.15) is 0 Å². The van der Waals surface area contributed by atoms with Gasteiger partial charge in [-0.1, -0.05) is 30.0 Å². The summed E-state index contributed by atoms with van der Waals surface area (Å²) in [5.74, 6) is 5.04. The van der Waals surface area contributed by atoms with E-state index in [1.165, 1.54) is 24.4 Å². The van der Waals surface area contributed by atoms with Crippen molar-refractivity contribution in [1.29, 1.82) is 0 Å². The molecule has 1 atom stereocenters. The Balaban J connectivity index is 2.25. The lowest BCUT2D eigenvalue weighted by Crippen LogP contribution is -2.27. The maximum Gasteiger partial charge on any atom is 0.417 e. The molecule has 1 aromatic rings. The molecule has 1 unspecified atom stereocenters. The third-order valence-electron chi connectivity index (χ3n) is 3.10. The maximum absolute atomic E-state index is 11.9. The Morgan fingerprint density at radius 2 is 2.00 bits per heavy atom. The molecule has 0 saturated carbocycles. The summed E-state index contributed by atoms with van der Waals surface area (Å²) in [6, 6.07) is 9.45. The van der Waals surface area contributed by atoms with Gasteiger partial charge in [0.25, 0.3) is 0 Å². The van der Waals surface area contributed by atoms with Crippen LogP contribution in [0, 0.1) is 17.8 Å². The second-order valence-corrected chi connectivity index (χ2v) is 4.64. The predicted molar refractivity (Wildman–Crippen MR) is 84.9 cm³/mol. The zero-order valence-corrected chi connectivity index (χ0v) is 13.0. The number of amides is 1. The van der Waals surface area contributed by atoms with E-state index >= 15 is 0 Å². The Morgan fingerprint density at radius 3 is 2.65 bits per heavy atom. The molecule has 0 aliphatic carbocycles. The second-order valence-electron chi connectivity index (χ2n) is 4.64. The molecule has 5 nitrogen and oxygen atoms in total. The summed E-state index contributed by atoms with van der Waals surface area (Å²) < 4.78 is 9.68. The average molecular weight is 311 g/mol. The van der Waals surface area contributed by atoms with Crippen molar-refractivity contribution in [3.05, 3.63) is 59.9 Å². The fraction of sp³-hybridized carbons (Fsp3) is 0.222. The SMILES string of the molecule is CCOC(=O)N1C=CC(C#Cc2ccccc2)C(C(=O)OC)=C1. The molecule has 2 rings (SSSR count). The molecule has 1 heterocycles. The van der Waals surface area contributed by atoms with Crippen LogP contribution in [0.2, 0.25) is 0 Å². The number of nitrogens with zero attached hydrogens (tertiary/aromatic N) is 1. The molecule has 1 aromatic carbocycles. The van der Waals surface area contributed by atoms with E-state index in [1.54, 1.807) is 13.0 Å². The van der Waals surface area contributed by atoms with E-state index in [4.69, 9.17) is 9.47 Å². The lowest BCUT2D eigenvalue weighted by atomic mass is 9.97. The number of methoxy groups -OCH3 is 1. The fourth-order valence-electron chi connectivity index (χ4n) is 1.97. The van der Waals surface area contributed by atoms with Crippen molar-refractivity contribution in [3.63, 3.8) is 0 Å². The highest BCUT2D eigenvalue weighted by Gasteiger charge is 2.25. The van der Waals surface area contributed by atoms with Gasteiger partial charge in [0.15, 0.2) is 0 Å². The van der Waals surface area contributed by atoms with Gasteiger partial charge in [-0.05, 0) is 25.1 Å². The zero-order valence-electron chi connectivity index (χ0n) is 13.0. The van der Waals surface area contributed by atoms with Crippen LogP contribution in [0.15, 0.2) is 54.4 Å². The van der Waals surface area contributed by atoms with E-state index in [9.17, 15) is 9.59 Å². The summed E-state index contributed by atoms with van der Waals surface area (Å²) in [6.45, 7) is 1.96. The van der Waals surface area contributed by atoms with E-state index in [2.05, 4.69) is 11.8 Å². The van der Waals surface area contributed by atoms with E-state index in [-0.39, 0.29) is 12.2 Å². The number of esters is 1. The van der Waals surface area contributed by atoms with Crippen LogP contribution < -0.4 is 0 Å². The Kier molecular flexibility index (Phi) is 5.59. The number of benzene rings is 1. The molecular weight excluding hydrogens is 294 g/mol. The molecule has 1 aliphatic heterocycles. The number of hydrogen-bond donors (Lipinski definition) is 0. The van der Waals surface area contributed by atoms with Gasteiger partial charge in [-0.2, -0.15) is 0 Å². The Hall–Kier alpha value is -3.00. The van der Waals surface area contributed by atoms with Crippen molar-refractivity contribution < 1.29 is 19.1 Å². The van der Waals surface area contributed by atoms with Gasteiger partial charge in [0.05, 0.1) is 25.2 Å². The zero-order chi connectivity index (χ0) is 16.7. The Morgan fingerprint density at radius 1 is 1.26 bits per heavy atom. The van der Waals surface area contributed by atoms with Gasteiger partial charge in [-0.3, -0.25) is 4.90 Å². The number of carbonyl (C=O) groups is 2. The molecule has 0 fully saturated rings. The van der Waals surface area contributed by atoms with Gasteiger partial charge in [-0.25, -0.2) is 9.59 Å². The van der Waals surface area contributed by atoms with Crippen LogP contribution in [0.4, 0.5) is 4.79 Å². The maximum atomic E-state index is 11.9. The molecular formula is C18H17NO4. The minimum Gasteiger partial charge on any atom is -0.466 e. The second kappa shape index (κ2) is 7.85. The van der Waals surface area contributed by atoms with Crippen molar-refractivity contribution in [2.75, 3.05) is 13.7 Å². The largest absolute Gasteiger partial charge is 0.466 e. The molecule has 5 heteroatoms. The highest BCUT2D eigenvalue weighted by molar-refractivity contribution is 5.91. The number of rotatable bonds is 2. The number of carbonyl (C=O) groups excluding carboxylic acids is 2. The van der Waals surface area contributed by atoms with Gasteiger partial charge >= 0.3 is 12.1 Å². The molecule has 0 radical (unpaired) electrons. The first-order chi connectivity index (χ1) is 11.2. The van der Waals surface area contributed by atoms with Gasteiger partial charge < -0.3 is 9.47 Å². The quantitative estimate of drug-likeness (QED) is 0.622. The highest BCUT2D eigenvalue weighted by atomic mass is 16.6. The standard InChI is InChI=1S/C18H17NO4/c1-3-23-18(21)19-12-11-15(16(13-19)17(20)22-2)10-9-14-7-5-4-6-8-14/h4-8,11-13,15H,3H2,1-2H3. The van der Waals surface area contributed by atoms with E-state index in [0.29, 0.717) is 0 Å². The molecule has 1 amide bonds. The summed E-state index contributed by atoms with van der Waals surface area (Å²) in [5.41, 5.74) is 1.13. The average Bonchev–Trinajstić information content (AvgIpc) is 2.60. The molecule has 1 aliphatic rings. The Labute approximate surface area is 135 Å². The number of ether oxygens (including phenoxy) is 2. The Bertz CT molecular complexity index is 695. The molecule has 0 bridgehead atoms. The molecule has 0 aromatic heterocycles. The third kappa shape index (κ3) is 4.24. The van der Waals surface area contributed by atoms with Crippen LogP contribution in [0.5, 0.6) is 0 Å².